The summed E-state index contributed by atoms with van der Waals surface area (Å²) in [6, 6.07) is 3.57. The zero-order chi connectivity index (χ0) is 24.3. The van der Waals surface area contributed by atoms with E-state index in [-0.39, 0.29) is 36.1 Å². The molecule has 0 aliphatic carbocycles. The predicted molar refractivity (Wildman–Crippen MR) is 125 cm³/mol. The van der Waals surface area contributed by atoms with Crippen LogP contribution < -0.4 is 5.32 Å². The molecule has 10 heteroatoms. The summed E-state index contributed by atoms with van der Waals surface area (Å²) in [5.41, 5.74) is 2.11. The van der Waals surface area contributed by atoms with E-state index in [4.69, 9.17) is 4.74 Å². The van der Waals surface area contributed by atoms with Crippen LogP contribution in [0.25, 0.3) is 0 Å². The standard InChI is InChI=1S/C23H32N4O5S/c1-6-27-16(4)20(23(29)32-7-2)21(17(27)5)33(30,31)26-12-8-9-18(14-26)22(28)25-19-11-10-15(3)13-24-19/h10-11,13,18H,6-9,12,14H2,1-5H3,(H,24,25,28). The number of aromatic nitrogens is 2. The van der Waals surface area contributed by atoms with E-state index in [1.165, 1.54) is 4.31 Å². The summed E-state index contributed by atoms with van der Waals surface area (Å²) in [4.78, 5) is 29.7. The molecule has 2 aromatic rings. The number of ether oxygens (including phenoxy) is 1. The van der Waals surface area contributed by atoms with Crippen LogP contribution >= 0.6 is 0 Å². The topological polar surface area (TPSA) is 111 Å². The van der Waals surface area contributed by atoms with Gasteiger partial charge in [0.05, 0.1) is 12.5 Å². The highest BCUT2D eigenvalue weighted by Crippen LogP contribution is 2.32. The second-order valence-corrected chi connectivity index (χ2v) is 10.1. The lowest BCUT2D eigenvalue weighted by Crippen LogP contribution is -2.44. The largest absolute Gasteiger partial charge is 0.462 e. The monoisotopic (exact) mass is 476 g/mol. The molecule has 1 fully saturated rings. The number of hydrogen-bond acceptors (Lipinski definition) is 6. The van der Waals surface area contributed by atoms with Crippen LogP contribution in [0.5, 0.6) is 0 Å². The van der Waals surface area contributed by atoms with Gasteiger partial charge in [0, 0.05) is 37.2 Å². The summed E-state index contributed by atoms with van der Waals surface area (Å²) in [7, 11) is -4.03. The zero-order valence-electron chi connectivity index (χ0n) is 19.8. The number of carbonyl (C=O) groups is 2. The second kappa shape index (κ2) is 10.0. The molecule has 1 aliphatic heterocycles. The zero-order valence-corrected chi connectivity index (χ0v) is 20.7. The fourth-order valence-corrected chi connectivity index (χ4v) is 6.34. The highest BCUT2D eigenvalue weighted by atomic mass is 32.2. The number of nitrogens with one attached hydrogen (secondary N) is 1. The van der Waals surface area contributed by atoms with E-state index >= 15 is 0 Å². The molecule has 180 valence electrons. The highest BCUT2D eigenvalue weighted by molar-refractivity contribution is 7.89. The molecule has 0 saturated carbocycles. The van der Waals surface area contributed by atoms with Gasteiger partial charge in [0.25, 0.3) is 0 Å². The van der Waals surface area contributed by atoms with Crippen molar-refractivity contribution in [3.05, 3.63) is 40.8 Å². The molecule has 1 atom stereocenters. The lowest BCUT2D eigenvalue weighted by Gasteiger charge is -2.31. The van der Waals surface area contributed by atoms with Crippen molar-refractivity contribution in [3.8, 4) is 0 Å². The van der Waals surface area contributed by atoms with Gasteiger partial charge in [0.15, 0.2) is 0 Å². The molecule has 3 rings (SSSR count). The summed E-state index contributed by atoms with van der Waals surface area (Å²) in [6.45, 7) is 9.90. The summed E-state index contributed by atoms with van der Waals surface area (Å²) < 4.78 is 35.8. The predicted octanol–water partition coefficient (Wildman–Crippen LogP) is 3.04. The van der Waals surface area contributed by atoms with Crippen molar-refractivity contribution < 1.29 is 22.7 Å². The van der Waals surface area contributed by atoms with Gasteiger partial charge in [-0.1, -0.05) is 6.07 Å². The number of carbonyl (C=O) groups excluding carboxylic acids is 2. The number of esters is 1. The number of amides is 1. The molecule has 1 amide bonds. The van der Waals surface area contributed by atoms with Crippen LogP contribution in [0.1, 0.15) is 54.0 Å². The average Bonchev–Trinajstić information content (AvgIpc) is 3.05. The summed E-state index contributed by atoms with van der Waals surface area (Å²) in [6.07, 6.45) is 2.77. The van der Waals surface area contributed by atoms with E-state index in [0.717, 1.165) is 5.56 Å². The summed E-state index contributed by atoms with van der Waals surface area (Å²) in [5.74, 6) is -1.00. The average molecular weight is 477 g/mol. The van der Waals surface area contributed by atoms with E-state index in [0.29, 0.717) is 36.6 Å². The van der Waals surface area contributed by atoms with Crippen molar-refractivity contribution in [2.45, 2.75) is 58.9 Å². The molecule has 1 aliphatic rings. The van der Waals surface area contributed by atoms with Crippen LogP contribution in [0.3, 0.4) is 0 Å². The van der Waals surface area contributed by atoms with Gasteiger partial charge < -0.3 is 14.6 Å². The number of anilines is 1. The third-order valence-electron chi connectivity index (χ3n) is 6.04. The number of sulfonamides is 1. The molecule has 0 spiro atoms. The Hall–Kier alpha value is -2.72. The molecule has 1 saturated heterocycles. The van der Waals surface area contributed by atoms with Crippen molar-refractivity contribution in [3.63, 3.8) is 0 Å². The van der Waals surface area contributed by atoms with Gasteiger partial charge in [-0.2, -0.15) is 4.31 Å². The van der Waals surface area contributed by atoms with Gasteiger partial charge >= 0.3 is 5.97 Å². The minimum atomic E-state index is -4.03. The summed E-state index contributed by atoms with van der Waals surface area (Å²) >= 11 is 0. The van der Waals surface area contributed by atoms with Crippen LogP contribution in [0.4, 0.5) is 5.82 Å². The normalized spacial score (nSPS) is 17.1. The maximum Gasteiger partial charge on any atom is 0.341 e. The number of nitrogens with zero attached hydrogens (tertiary/aromatic N) is 3. The number of piperidine rings is 1. The lowest BCUT2D eigenvalue weighted by atomic mass is 9.99. The number of pyridine rings is 1. The molecule has 0 aromatic carbocycles. The quantitative estimate of drug-likeness (QED) is 0.615. The first-order chi connectivity index (χ1) is 15.6. The second-order valence-electron chi connectivity index (χ2n) is 8.25. The smallest absolute Gasteiger partial charge is 0.341 e. The first-order valence-corrected chi connectivity index (χ1v) is 12.7. The van der Waals surface area contributed by atoms with Gasteiger partial charge in [-0.05, 0) is 59.1 Å². The Morgan fingerprint density at radius 1 is 1.18 bits per heavy atom. The minimum absolute atomic E-state index is 0.0263. The Morgan fingerprint density at radius 2 is 1.91 bits per heavy atom. The fourth-order valence-electron chi connectivity index (χ4n) is 4.36. The molecule has 9 nitrogen and oxygen atoms in total. The Kier molecular flexibility index (Phi) is 7.58. The van der Waals surface area contributed by atoms with Crippen molar-refractivity contribution in [2.75, 3.05) is 25.0 Å². The Labute approximate surface area is 195 Å². The molecule has 1 N–H and O–H groups in total. The van der Waals surface area contributed by atoms with Gasteiger partial charge in [0.2, 0.25) is 15.9 Å². The minimum Gasteiger partial charge on any atom is -0.462 e. The molecule has 33 heavy (non-hydrogen) atoms. The van der Waals surface area contributed by atoms with E-state index in [9.17, 15) is 18.0 Å². The SMILES string of the molecule is CCOC(=O)c1c(S(=O)(=O)N2CCCC(C(=O)Nc3ccc(C)cn3)C2)c(C)n(CC)c1C. The van der Waals surface area contributed by atoms with Crippen LogP contribution in [-0.2, 0) is 26.1 Å². The lowest BCUT2D eigenvalue weighted by molar-refractivity contribution is -0.120. The van der Waals surface area contributed by atoms with E-state index in [2.05, 4.69) is 10.3 Å². The fraction of sp³-hybridized carbons (Fsp3) is 0.522. The number of rotatable bonds is 7. The molecule has 1 unspecified atom stereocenters. The van der Waals surface area contributed by atoms with Crippen LogP contribution in [-0.4, -0.2) is 53.8 Å². The summed E-state index contributed by atoms with van der Waals surface area (Å²) in [5, 5.41) is 2.78. The van der Waals surface area contributed by atoms with E-state index < -0.39 is 21.9 Å². The van der Waals surface area contributed by atoms with Crippen molar-refractivity contribution in [1.82, 2.24) is 13.9 Å². The van der Waals surface area contributed by atoms with Crippen LogP contribution in [0.2, 0.25) is 0 Å². The number of hydrogen-bond donors (Lipinski definition) is 1. The van der Waals surface area contributed by atoms with Gasteiger partial charge in [-0.25, -0.2) is 18.2 Å². The molecule has 2 aromatic heterocycles. The van der Waals surface area contributed by atoms with Crippen LogP contribution in [0.15, 0.2) is 23.2 Å². The molecule has 3 heterocycles. The van der Waals surface area contributed by atoms with Gasteiger partial charge in [-0.15, -0.1) is 0 Å². The Balaban J connectivity index is 1.90. The van der Waals surface area contributed by atoms with Crippen molar-refractivity contribution in [1.29, 1.82) is 0 Å². The van der Waals surface area contributed by atoms with Crippen molar-refractivity contribution in [2.24, 2.45) is 5.92 Å². The maximum absolute atomic E-state index is 13.7. The van der Waals surface area contributed by atoms with Crippen molar-refractivity contribution >= 4 is 27.7 Å². The maximum atomic E-state index is 13.7. The molecule has 0 bridgehead atoms. The molecular formula is C23H32N4O5S. The first kappa shape index (κ1) is 24.9. The van der Waals surface area contributed by atoms with E-state index in [1.54, 1.807) is 37.6 Å². The van der Waals surface area contributed by atoms with Gasteiger partial charge in [0.1, 0.15) is 16.3 Å². The Morgan fingerprint density at radius 3 is 2.52 bits per heavy atom. The molecular weight excluding hydrogens is 444 g/mol. The van der Waals surface area contributed by atoms with Crippen LogP contribution in [0, 0.1) is 26.7 Å². The Bertz CT molecular complexity index is 1140. The van der Waals surface area contributed by atoms with E-state index in [1.807, 2.05) is 19.9 Å². The third-order valence-corrected chi connectivity index (χ3v) is 8.07. The third kappa shape index (κ3) is 4.96. The number of aryl methyl sites for hydroxylation is 1. The first-order valence-electron chi connectivity index (χ1n) is 11.2. The van der Waals surface area contributed by atoms with Gasteiger partial charge in [-0.3, -0.25) is 4.79 Å². The molecule has 0 radical (unpaired) electrons. The highest BCUT2D eigenvalue weighted by Gasteiger charge is 2.39.